The standard InChI is InChI=1S/C11H21N3O3/c1-5-16-11(2,3)10-13-9(17-14-10)6-8(12)7-15-4/h8H,5-7,12H2,1-4H3. The molecule has 0 aliphatic carbocycles. The summed E-state index contributed by atoms with van der Waals surface area (Å²) in [5.41, 5.74) is 5.27. The molecule has 0 bridgehead atoms. The van der Waals surface area contributed by atoms with Crippen LogP contribution in [0.4, 0.5) is 0 Å². The van der Waals surface area contributed by atoms with Gasteiger partial charge < -0.3 is 19.7 Å². The van der Waals surface area contributed by atoms with Gasteiger partial charge in [0.05, 0.1) is 6.61 Å². The van der Waals surface area contributed by atoms with Crippen molar-refractivity contribution in [3.63, 3.8) is 0 Å². The molecule has 0 aliphatic rings. The zero-order valence-electron chi connectivity index (χ0n) is 10.9. The van der Waals surface area contributed by atoms with Crippen molar-refractivity contribution < 1.29 is 14.0 Å². The number of nitrogens with zero attached hydrogens (tertiary/aromatic N) is 2. The van der Waals surface area contributed by atoms with Crippen LogP contribution >= 0.6 is 0 Å². The Morgan fingerprint density at radius 1 is 1.47 bits per heavy atom. The predicted molar refractivity (Wildman–Crippen MR) is 62.5 cm³/mol. The van der Waals surface area contributed by atoms with Gasteiger partial charge in [-0.3, -0.25) is 0 Å². The van der Waals surface area contributed by atoms with Crippen molar-refractivity contribution in [3.05, 3.63) is 11.7 Å². The normalized spacial score (nSPS) is 13.9. The van der Waals surface area contributed by atoms with Gasteiger partial charge in [0, 0.05) is 26.2 Å². The van der Waals surface area contributed by atoms with E-state index in [4.69, 9.17) is 19.7 Å². The SMILES string of the molecule is CCOC(C)(C)c1noc(CC(N)COC)n1. The molecule has 6 nitrogen and oxygen atoms in total. The molecule has 1 atom stereocenters. The summed E-state index contributed by atoms with van der Waals surface area (Å²) in [5.74, 6) is 1.05. The Morgan fingerprint density at radius 2 is 2.18 bits per heavy atom. The Kier molecular flexibility index (Phi) is 5.04. The second-order valence-corrected chi connectivity index (χ2v) is 4.37. The highest BCUT2D eigenvalue weighted by molar-refractivity contribution is 4.98. The van der Waals surface area contributed by atoms with Crippen LogP contribution in [0, 0.1) is 0 Å². The minimum absolute atomic E-state index is 0.136. The molecule has 0 saturated carbocycles. The van der Waals surface area contributed by atoms with E-state index < -0.39 is 5.60 Å². The Bertz CT molecular complexity index is 338. The first-order valence-electron chi connectivity index (χ1n) is 5.71. The predicted octanol–water partition coefficient (Wildman–Crippen LogP) is 0.857. The maximum atomic E-state index is 5.81. The molecule has 0 spiro atoms. The van der Waals surface area contributed by atoms with Crippen molar-refractivity contribution in [1.82, 2.24) is 10.1 Å². The van der Waals surface area contributed by atoms with Gasteiger partial charge in [0.15, 0.2) is 0 Å². The molecule has 1 unspecified atom stereocenters. The van der Waals surface area contributed by atoms with Crippen LogP contribution in [-0.2, 0) is 21.5 Å². The molecule has 1 heterocycles. The van der Waals surface area contributed by atoms with Crippen molar-refractivity contribution in [2.75, 3.05) is 20.3 Å². The van der Waals surface area contributed by atoms with E-state index in [1.54, 1.807) is 7.11 Å². The zero-order valence-corrected chi connectivity index (χ0v) is 10.9. The molecule has 0 radical (unpaired) electrons. The van der Waals surface area contributed by atoms with Gasteiger partial charge in [-0.1, -0.05) is 5.16 Å². The van der Waals surface area contributed by atoms with Crippen molar-refractivity contribution in [2.45, 2.75) is 38.8 Å². The lowest BCUT2D eigenvalue weighted by Gasteiger charge is -2.19. The fraction of sp³-hybridized carbons (Fsp3) is 0.818. The molecule has 0 fully saturated rings. The largest absolute Gasteiger partial charge is 0.383 e. The monoisotopic (exact) mass is 243 g/mol. The highest BCUT2D eigenvalue weighted by Gasteiger charge is 2.27. The molecular weight excluding hydrogens is 222 g/mol. The average molecular weight is 243 g/mol. The summed E-state index contributed by atoms with van der Waals surface area (Å²) in [7, 11) is 1.61. The third-order valence-corrected chi connectivity index (χ3v) is 2.33. The number of ether oxygens (including phenoxy) is 2. The first kappa shape index (κ1) is 14.1. The van der Waals surface area contributed by atoms with Gasteiger partial charge in [0.1, 0.15) is 5.60 Å². The second-order valence-electron chi connectivity index (χ2n) is 4.37. The lowest BCUT2D eigenvalue weighted by Crippen LogP contribution is -2.28. The highest BCUT2D eigenvalue weighted by Crippen LogP contribution is 2.21. The minimum atomic E-state index is -0.540. The minimum Gasteiger partial charge on any atom is -0.383 e. The van der Waals surface area contributed by atoms with Crippen LogP contribution in [0.1, 0.15) is 32.5 Å². The van der Waals surface area contributed by atoms with Crippen LogP contribution in [0.5, 0.6) is 0 Å². The first-order valence-corrected chi connectivity index (χ1v) is 5.71. The van der Waals surface area contributed by atoms with Gasteiger partial charge in [-0.2, -0.15) is 4.98 Å². The molecule has 17 heavy (non-hydrogen) atoms. The molecule has 0 amide bonds. The lowest BCUT2D eigenvalue weighted by atomic mass is 10.1. The van der Waals surface area contributed by atoms with Gasteiger partial charge >= 0.3 is 0 Å². The van der Waals surface area contributed by atoms with E-state index in [1.807, 2.05) is 20.8 Å². The van der Waals surface area contributed by atoms with Gasteiger partial charge in [0.25, 0.3) is 0 Å². The molecule has 6 heteroatoms. The molecule has 98 valence electrons. The maximum absolute atomic E-state index is 5.81. The van der Waals surface area contributed by atoms with Crippen LogP contribution in [0.2, 0.25) is 0 Å². The number of methoxy groups -OCH3 is 1. The van der Waals surface area contributed by atoms with Crippen molar-refractivity contribution >= 4 is 0 Å². The first-order chi connectivity index (χ1) is 7.99. The van der Waals surface area contributed by atoms with E-state index in [0.717, 1.165) is 0 Å². The molecular formula is C11H21N3O3. The fourth-order valence-corrected chi connectivity index (χ4v) is 1.51. The number of hydrogen-bond donors (Lipinski definition) is 1. The van der Waals surface area contributed by atoms with Gasteiger partial charge in [-0.25, -0.2) is 0 Å². The van der Waals surface area contributed by atoms with Crippen LogP contribution in [-0.4, -0.2) is 36.5 Å². The van der Waals surface area contributed by atoms with E-state index in [0.29, 0.717) is 31.3 Å². The smallest absolute Gasteiger partial charge is 0.228 e. The molecule has 0 aliphatic heterocycles. The van der Waals surface area contributed by atoms with E-state index in [1.165, 1.54) is 0 Å². The molecule has 1 aromatic rings. The van der Waals surface area contributed by atoms with E-state index in [2.05, 4.69) is 10.1 Å². The summed E-state index contributed by atoms with van der Waals surface area (Å²) in [5, 5.41) is 3.91. The van der Waals surface area contributed by atoms with E-state index in [9.17, 15) is 0 Å². The van der Waals surface area contributed by atoms with Gasteiger partial charge in [-0.05, 0) is 20.8 Å². The maximum Gasteiger partial charge on any atom is 0.228 e. The third-order valence-electron chi connectivity index (χ3n) is 2.33. The molecule has 0 saturated heterocycles. The quantitative estimate of drug-likeness (QED) is 0.764. The van der Waals surface area contributed by atoms with Crippen LogP contribution < -0.4 is 5.73 Å². The summed E-state index contributed by atoms with van der Waals surface area (Å²) in [6.45, 7) is 6.80. The molecule has 1 rings (SSSR count). The molecule has 2 N–H and O–H groups in total. The third kappa shape index (κ3) is 4.07. The Hall–Kier alpha value is -0.980. The Morgan fingerprint density at radius 3 is 2.76 bits per heavy atom. The van der Waals surface area contributed by atoms with Crippen LogP contribution in [0.3, 0.4) is 0 Å². The second kappa shape index (κ2) is 6.09. The van der Waals surface area contributed by atoms with Crippen molar-refractivity contribution in [2.24, 2.45) is 5.73 Å². The summed E-state index contributed by atoms with van der Waals surface area (Å²) >= 11 is 0. The topological polar surface area (TPSA) is 83.4 Å². The summed E-state index contributed by atoms with van der Waals surface area (Å²) in [6, 6.07) is -0.136. The van der Waals surface area contributed by atoms with Crippen molar-refractivity contribution in [3.8, 4) is 0 Å². The number of rotatable bonds is 7. The molecule has 1 aromatic heterocycles. The summed E-state index contributed by atoms with van der Waals surface area (Å²) in [4.78, 5) is 4.28. The summed E-state index contributed by atoms with van der Waals surface area (Å²) < 4.78 is 15.6. The van der Waals surface area contributed by atoms with Crippen molar-refractivity contribution in [1.29, 1.82) is 0 Å². The fourth-order valence-electron chi connectivity index (χ4n) is 1.51. The van der Waals surface area contributed by atoms with E-state index in [-0.39, 0.29) is 6.04 Å². The Balaban J connectivity index is 2.64. The van der Waals surface area contributed by atoms with Gasteiger partial charge in [0.2, 0.25) is 11.7 Å². The zero-order chi connectivity index (χ0) is 12.9. The lowest BCUT2D eigenvalue weighted by molar-refractivity contribution is -0.0221. The summed E-state index contributed by atoms with van der Waals surface area (Å²) in [6.07, 6.45) is 0.503. The molecule has 0 aromatic carbocycles. The van der Waals surface area contributed by atoms with Crippen LogP contribution in [0.15, 0.2) is 4.52 Å². The Labute approximate surface area is 101 Å². The van der Waals surface area contributed by atoms with E-state index >= 15 is 0 Å². The number of hydrogen-bond acceptors (Lipinski definition) is 6. The average Bonchev–Trinajstić information content (AvgIpc) is 2.67. The number of nitrogens with two attached hydrogens (primary N) is 1. The van der Waals surface area contributed by atoms with Gasteiger partial charge in [-0.15, -0.1) is 0 Å². The highest BCUT2D eigenvalue weighted by atomic mass is 16.5. The number of aromatic nitrogens is 2. The van der Waals surface area contributed by atoms with Crippen LogP contribution in [0.25, 0.3) is 0 Å².